The van der Waals surface area contributed by atoms with E-state index in [1.807, 2.05) is 24.3 Å². The van der Waals surface area contributed by atoms with E-state index in [1.54, 1.807) is 11.0 Å². The number of rotatable bonds is 4. The Morgan fingerprint density at radius 1 is 1.05 bits per heavy atom. The average Bonchev–Trinajstić information content (AvgIpc) is 3.59. The first-order valence-corrected chi connectivity index (χ1v) is 13.4. The maximum atomic E-state index is 16.3. The van der Waals surface area contributed by atoms with Crippen LogP contribution in [0.25, 0.3) is 32.9 Å². The fourth-order valence-electron chi connectivity index (χ4n) is 5.70. The Morgan fingerprint density at radius 2 is 1.90 bits per heavy atom. The standard InChI is InChI=1S/C28H25FN6O3.CH5N/c29-24-25(19-13-17(36)12-16-4-1-2-5-18(16)19)31-14-20-26(24)32-28(33-27(20)35-11-8-30-23(37)15-35)38-22-7-10-34-9-3-6-21(22)34;1-2/h1-2,4-5,12-14,36H,3,6-11,15H2,(H,30,37);2H2,1H3. The fraction of sp³-hybridized carbons (Fsp3) is 0.310. The van der Waals surface area contributed by atoms with Crippen LogP contribution in [0.3, 0.4) is 0 Å². The van der Waals surface area contributed by atoms with Crippen LogP contribution in [0.4, 0.5) is 10.2 Å². The van der Waals surface area contributed by atoms with Crippen LogP contribution >= 0.6 is 0 Å². The molecule has 2 aromatic carbocycles. The zero-order valence-corrected chi connectivity index (χ0v) is 22.2. The van der Waals surface area contributed by atoms with Gasteiger partial charge in [0.1, 0.15) is 28.5 Å². The molecule has 0 spiro atoms. The van der Waals surface area contributed by atoms with E-state index in [1.165, 1.54) is 19.3 Å². The van der Waals surface area contributed by atoms with Gasteiger partial charge in [0, 0.05) is 44.4 Å². The molecule has 0 unspecified atom stereocenters. The highest BCUT2D eigenvalue weighted by molar-refractivity contribution is 6.00. The van der Waals surface area contributed by atoms with Crippen molar-refractivity contribution >= 4 is 33.4 Å². The quantitative estimate of drug-likeness (QED) is 0.355. The summed E-state index contributed by atoms with van der Waals surface area (Å²) < 4.78 is 22.5. The Kier molecular flexibility index (Phi) is 6.81. The molecule has 206 valence electrons. The van der Waals surface area contributed by atoms with Gasteiger partial charge in [-0.15, -0.1) is 0 Å². The van der Waals surface area contributed by atoms with Gasteiger partial charge in [-0.25, -0.2) is 4.39 Å². The molecule has 11 heteroatoms. The molecule has 3 aliphatic rings. The molecule has 4 N–H and O–H groups in total. The molecule has 1 amide bonds. The number of nitrogens with two attached hydrogens (primary N) is 1. The Morgan fingerprint density at radius 3 is 2.75 bits per heavy atom. The van der Waals surface area contributed by atoms with Crippen molar-refractivity contribution in [2.24, 2.45) is 5.73 Å². The molecule has 0 atom stereocenters. The number of carbonyl (C=O) groups excluding carboxylic acids is 1. The molecule has 10 nitrogen and oxygen atoms in total. The van der Waals surface area contributed by atoms with Crippen molar-refractivity contribution in [3.05, 3.63) is 59.9 Å². The third-order valence-corrected chi connectivity index (χ3v) is 7.45. The van der Waals surface area contributed by atoms with Crippen molar-refractivity contribution in [2.45, 2.75) is 19.3 Å². The number of phenols is 1. The molecule has 0 aliphatic carbocycles. The van der Waals surface area contributed by atoms with Crippen LogP contribution in [0, 0.1) is 5.82 Å². The maximum absolute atomic E-state index is 16.3. The van der Waals surface area contributed by atoms with Crippen LogP contribution in [0.15, 0.2) is 54.1 Å². The minimum absolute atomic E-state index is 0.0162. The predicted molar refractivity (Wildman–Crippen MR) is 150 cm³/mol. The van der Waals surface area contributed by atoms with Crippen molar-refractivity contribution in [3.63, 3.8) is 0 Å². The number of aromatic hydroxyl groups is 1. The van der Waals surface area contributed by atoms with Crippen LogP contribution in [0.1, 0.15) is 19.3 Å². The number of carbonyl (C=O) groups is 1. The number of nitrogens with zero attached hydrogens (tertiary/aromatic N) is 5. The van der Waals surface area contributed by atoms with Gasteiger partial charge in [-0.05, 0) is 42.8 Å². The van der Waals surface area contributed by atoms with Crippen LogP contribution in [-0.2, 0) is 4.79 Å². The summed E-state index contributed by atoms with van der Waals surface area (Å²) in [6.45, 7) is 2.96. The summed E-state index contributed by atoms with van der Waals surface area (Å²) in [6.07, 6.45) is 4.30. The van der Waals surface area contributed by atoms with Crippen LogP contribution < -0.4 is 20.7 Å². The summed E-state index contributed by atoms with van der Waals surface area (Å²) in [7, 11) is 1.50. The van der Waals surface area contributed by atoms with Crippen molar-refractivity contribution in [1.82, 2.24) is 25.2 Å². The first-order chi connectivity index (χ1) is 19.5. The van der Waals surface area contributed by atoms with Crippen molar-refractivity contribution in [3.8, 4) is 23.0 Å². The van der Waals surface area contributed by atoms with Crippen molar-refractivity contribution < 1.29 is 19.0 Å². The predicted octanol–water partition coefficient (Wildman–Crippen LogP) is 3.29. The van der Waals surface area contributed by atoms with Gasteiger partial charge >= 0.3 is 6.01 Å². The number of benzene rings is 2. The highest BCUT2D eigenvalue weighted by atomic mass is 19.1. The van der Waals surface area contributed by atoms with E-state index >= 15 is 4.39 Å². The molecule has 2 fully saturated rings. The van der Waals surface area contributed by atoms with Crippen LogP contribution in [-0.4, -0.2) is 70.6 Å². The summed E-state index contributed by atoms with van der Waals surface area (Å²) in [5.74, 6) is 0.467. The topological polar surface area (TPSA) is 130 Å². The molecule has 0 bridgehead atoms. The zero-order chi connectivity index (χ0) is 27.8. The van der Waals surface area contributed by atoms with Gasteiger partial charge < -0.3 is 30.7 Å². The van der Waals surface area contributed by atoms with E-state index in [2.05, 4.69) is 30.9 Å². The monoisotopic (exact) mass is 543 g/mol. The van der Waals surface area contributed by atoms with Crippen LogP contribution in [0.2, 0.25) is 0 Å². The number of amides is 1. The molecular weight excluding hydrogens is 513 g/mol. The van der Waals surface area contributed by atoms with E-state index in [0.717, 1.165) is 54.6 Å². The SMILES string of the molecule is CN.O=C1CN(c2nc(OC3=C4CCCN4CC3)nc3c(F)c(-c4cc(O)cc5ccccc45)ncc23)CCN1. The number of pyridine rings is 1. The van der Waals surface area contributed by atoms with E-state index in [-0.39, 0.29) is 35.4 Å². The second-order valence-corrected chi connectivity index (χ2v) is 9.81. The first-order valence-electron chi connectivity index (χ1n) is 13.4. The zero-order valence-electron chi connectivity index (χ0n) is 22.2. The molecule has 2 aromatic heterocycles. The minimum Gasteiger partial charge on any atom is -0.508 e. The molecule has 5 heterocycles. The van der Waals surface area contributed by atoms with Crippen LogP contribution in [0.5, 0.6) is 11.8 Å². The second-order valence-electron chi connectivity index (χ2n) is 9.81. The Bertz CT molecular complexity index is 1660. The van der Waals surface area contributed by atoms with Crippen molar-refractivity contribution in [1.29, 1.82) is 0 Å². The third-order valence-electron chi connectivity index (χ3n) is 7.45. The van der Waals surface area contributed by atoms with E-state index < -0.39 is 5.82 Å². The second kappa shape index (κ2) is 10.6. The molecule has 0 saturated carbocycles. The van der Waals surface area contributed by atoms with Gasteiger partial charge in [0.15, 0.2) is 5.82 Å². The number of piperazine rings is 1. The number of aromatic nitrogens is 3. The number of phenolic OH excluding ortho intramolecular Hbond substituents is 1. The number of hydrogen-bond acceptors (Lipinski definition) is 9. The highest BCUT2D eigenvalue weighted by Gasteiger charge is 2.30. The summed E-state index contributed by atoms with van der Waals surface area (Å²) >= 11 is 0. The molecule has 0 radical (unpaired) electrons. The van der Waals surface area contributed by atoms with Gasteiger partial charge in [0.2, 0.25) is 5.91 Å². The molecular formula is C29H30FN7O3. The normalized spacial score (nSPS) is 16.7. The van der Waals surface area contributed by atoms with Gasteiger partial charge in [0.05, 0.1) is 17.6 Å². The first kappa shape index (κ1) is 25.8. The third kappa shape index (κ3) is 4.51. The van der Waals surface area contributed by atoms with E-state index in [0.29, 0.717) is 29.9 Å². The summed E-state index contributed by atoms with van der Waals surface area (Å²) in [5, 5.41) is 15.1. The van der Waals surface area contributed by atoms with Gasteiger partial charge in [-0.1, -0.05) is 24.3 Å². The number of nitrogens with one attached hydrogen (secondary N) is 1. The number of fused-ring (bicyclic) bond motifs is 3. The largest absolute Gasteiger partial charge is 0.508 e. The summed E-state index contributed by atoms with van der Waals surface area (Å²) in [6, 6.07) is 10.6. The Balaban J connectivity index is 0.00000142. The lowest BCUT2D eigenvalue weighted by Gasteiger charge is -2.28. The number of ether oxygens (including phenoxy) is 1. The summed E-state index contributed by atoms with van der Waals surface area (Å²) in [5.41, 5.74) is 6.25. The lowest BCUT2D eigenvalue weighted by atomic mass is 10.0. The number of anilines is 1. The van der Waals surface area contributed by atoms with Gasteiger partial charge in [-0.3, -0.25) is 9.78 Å². The molecule has 3 aliphatic heterocycles. The maximum Gasteiger partial charge on any atom is 0.324 e. The van der Waals surface area contributed by atoms with Gasteiger partial charge in [0.25, 0.3) is 0 Å². The number of halogens is 1. The summed E-state index contributed by atoms with van der Waals surface area (Å²) in [4.78, 5) is 29.9. The number of hydrogen-bond donors (Lipinski definition) is 3. The molecule has 2 saturated heterocycles. The Hall–Kier alpha value is -4.51. The van der Waals surface area contributed by atoms with Gasteiger partial charge in [-0.2, -0.15) is 9.97 Å². The highest BCUT2D eigenvalue weighted by Crippen LogP contribution is 2.38. The smallest absolute Gasteiger partial charge is 0.324 e. The molecule has 40 heavy (non-hydrogen) atoms. The Labute approximate surface area is 230 Å². The average molecular weight is 544 g/mol. The fourth-order valence-corrected chi connectivity index (χ4v) is 5.70. The van der Waals surface area contributed by atoms with Crippen molar-refractivity contribution in [2.75, 3.05) is 44.7 Å². The lowest BCUT2D eigenvalue weighted by Crippen LogP contribution is -2.48. The molecule has 7 rings (SSSR count). The van der Waals surface area contributed by atoms with E-state index in [4.69, 9.17) is 4.74 Å². The lowest BCUT2D eigenvalue weighted by molar-refractivity contribution is -0.120. The minimum atomic E-state index is -0.639. The van der Waals surface area contributed by atoms with E-state index in [9.17, 15) is 9.90 Å². The number of allylic oxidation sites excluding steroid dienone is 1. The molecule has 4 aromatic rings.